The van der Waals surface area contributed by atoms with Crippen molar-refractivity contribution < 1.29 is 4.74 Å². The second kappa shape index (κ2) is 9.83. The van der Waals surface area contributed by atoms with Crippen LogP contribution in [0.5, 0.6) is 0 Å². The first-order valence-corrected chi connectivity index (χ1v) is 6.68. The summed E-state index contributed by atoms with van der Waals surface area (Å²) < 4.78 is 5.56. The first-order chi connectivity index (χ1) is 8.13. The van der Waals surface area contributed by atoms with Crippen molar-refractivity contribution >= 4 is 29.9 Å². The summed E-state index contributed by atoms with van der Waals surface area (Å²) in [5.74, 6) is 2.30. The normalized spacial score (nSPS) is 17.3. The molecule has 1 saturated carbocycles. The lowest BCUT2D eigenvalue weighted by Crippen LogP contribution is -2.45. The van der Waals surface area contributed by atoms with Crippen LogP contribution in [0.4, 0.5) is 0 Å². The van der Waals surface area contributed by atoms with E-state index in [4.69, 9.17) is 4.74 Å². The van der Waals surface area contributed by atoms with Crippen LogP contribution in [0.25, 0.3) is 0 Å². The number of halogens is 1. The molecule has 0 aromatic heterocycles. The molecule has 0 bridgehead atoms. The predicted octanol–water partition coefficient (Wildman–Crippen LogP) is 2.24. The van der Waals surface area contributed by atoms with E-state index in [9.17, 15) is 0 Å². The first kappa shape index (κ1) is 18.0. The maximum atomic E-state index is 5.56. The fourth-order valence-corrected chi connectivity index (χ4v) is 1.35. The molecular weight excluding hydrogens is 341 g/mol. The van der Waals surface area contributed by atoms with Crippen molar-refractivity contribution in [2.45, 2.75) is 39.7 Å². The van der Waals surface area contributed by atoms with Crippen molar-refractivity contribution in [1.82, 2.24) is 10.6 Å². The Morgan fingerprint density at radius 2 is 2.00 bits per heavy atom. The van der Waals surface area contributed by atoms with Crippen molar-refractivity contribution in [2.24, 2.45) is 16.8 Å². The quantitative estimate of drug-likeness (QED) is 0.313. The summed E-state index contributed by atoms with van der Waals surface area (Å²) in [7, 11) is 1.80. The van der Waals surface area contributed by atoms with Gasteiger partial charge in [-0.25, -0.2) is 0 Å². The summed E-state index contributed by atoms with van der Waals surface area (Å²) in [5.41, 5.74) is 0. The lowest BCUT2D eigenvalue weighted by Gasteiger charge is -2.20. The molecule has 1 fully saturated rings. The van der Waals surface area contributed by atoms with Gasteiger partial charge in [-0.15, -0.1) is 24.0 Å². The zero-order chi connectivity index (χ0) is 12.7. The van der Waals surface area contributed by atoms with Gasteiger partial charge in [0.15, 0.2) is 5.96 Å². The lowest BCUT2D eigenvalue weighted by atomic mass is 10.1. The number of nitrogens with one attached hydrogen (secondary N) is 2. The van der Waals surface area contributed by atoms with Gasteiger partial charge in [0, 0.05) is 26.2 Å². The van der Waals surface area contributed by atoms with Gasteiger partial charge >= 0.3 is 0 Å². The van der Waals surface area contributed by atoms with Gasteiger partial charge in [-0.2, -0.15) is 0 Å². The molecule has 108 valence electrons. The zero-order valence-corrected chi connectivity index (χ0v) is 14.4. The first-order valence-electron chi connectivity index (χ1n) is 6.68. The second-order valence-corrected chi connectivity index (χ2v) is 5.19. The van der Waals surface area contributed by atoms with Crippen molar-refractivity contribution in [1.29, 1.82) is 0 Å². The van der Waals surface area contributed by atoms with Crippen LogP contribution in [0.2, 0.25) is 0 Å². The largest absolute Gasteiger partial charge is 0.379 e. The molecule has 0 amide bonds. The Hall–Kier alpha value is -0.0400. The monoisotopic (exact) mass is 369 g/mol. The van der Waals surface area contributed by atoms with Crippen molar-refractivity contribution in [3.05, 3.63) is 0 Å². The van der Waals surface area contributed by atoms with Crippen molar-refractivity contribution in [3.63, 3.8) is 0 Å². The molecular formula is C13H28IN3O. The van der Waals surface area contributed by atoms with Gasteiger partial charge in [0.2, 0.25) is 0 Å². The van der Waals surface area contributed by atoms with E-state index >= 15 is 0 Å². The molecule has 0 heterocycles. The second-order valence-electron chi connectivity index (χ2n) is 5.19. The van der Waals surface area contributed by atoms with Crippen molar-refractivity contribution in [2.75, 3.05) is 26.8 Å². The number of aliphatic imine (C=N–C) groups is 1. The summed E-state index contributed by atoms with van der Waals surface area (Å²) in [6.45, 7) is 9.06. The number of hydrogen-bond acceptors (Lipinski definition) is 2. The highest BCUT2D eigenvalue weighted by molar-refractivity contribution is 14.0. The average Bonchev–Trinajstić information content (AvgIpc) is 3.10. The molecule has 1 rings (SSSR count). The van der Waals surface area contributed by atoms with E-state index in [1.54, 1.807) is 7.05 Å². The molecule has 1 atom stereocenters. The summed E-state index contributed by atoms with van der Waals surface area (Å²) in [6.07, 6.45) is 2.70. The van der Waals surface area contributed by atoms with E-state index in [-0.39, 0.29) is 24.0 Å². The van der Waals surface area contributed by atoms with Gasteiger partial charge in [-0.05, 0) is 31.6 Å². The van der Waals surface area contributed by atoms with Gasteiger partial charge in [0.25, 0.3) is 0 Å². The van der Waals surface area contributed by atoms with Crippen LogP contribution >= 0.6 is 24.0 Å². The SMILES string of the molecule is CN=C(NCCOCC1CC1)NC(C)C(C)C.I. The topological polar surface area (TPSA) is 45.7 Å². The molecule has 0 saturated heterocycles. The average molecular weight is 369 g/mol. The Labute approximate surface area is 128 Å². The fourth-order valence-electron chi connectivity index (χ4n) is 1.35. The maximum Gasteiger partial charge on any atom is 0.191 e. The van der Waals surface area contributed by atoms with Crippen LogP contribution in [-0.4, -0.2) is 38.8 Å². The molecule has 0 aromatic carbocycles. The predicted molar refractivity (Wildman–Crippen MR) is 87.8 cm³/mol. The molecule has 0 radical (unpaired) electrons. The van der Waals surface area contributed by atoms with E-state index in [2.05, 4.69) is 36.4 Å². The Kier molecular flexibility index (Phi) is 9.81. The standard InChI is InChI=1S/C13H27N3O.HI/c1-10(2)11(3)16-13(14-4)15-7-8-17-9-12-5-6-12;/h10-12H,5-9H2,1-4H3,(H2,14,15,16);1H. The van der Waals surface area contributed by atoms with Gasteiger partial charge in [0.1, 0.15) is 0 Å². The highest BCUT2D eigenvalue weighted by Gasteiger charge is 2.20. The van der Waals surface area contributed by atoms with Crippen LogP contribution in [-0.2, 0) is 4.74 Å². The zero-order valence-electron chi connectivity index (χ0n) is 12.0. The van der Waals surface area contributed by atoms with Gasteiger partial charge < -0.3 is 15.4 Å². The smallest absolute Gasteiger partial charge is 0.191 e. The highest BCUT2D eigenvalue weighted by Crippen LogP contribution is 2.28. The number of hydrogen-bond donors (Lipinski definition) is 2. The van der Waals surface area contributed by atoms with Crippen LogP contribution in [0.3, 0.4) is 0 Å². The third-order valence-electron chi connectivity index (χ3n) is 3.18. The molecule has 4 nitrogen and oxygen atoms in total. The summed E-state index contributed by atoms with van der Waals surface area (Å²) >= 11 is 0. The van der Waals surface area contributed by atoms with E-state index in [1.165, 1.54) is 12.8 Å². The van der Waals surface area contributed by atoms with Crippen LogP contribution in [0.15, 0.2) is 4.99 Å². The minimum absolute atomic E-state index is 0. The molecule has 0 aliphatic heterocycles. The molecule has 18 heavy (non-hydrogen) atoms. The van der Waals surface area contributed by atoms with E-state index in [0.29, 0.717) is 12.0 Å². The molecule has 0 aromatic rings. The van der Waals surface area contributed by atoms with Crippen LogP contribution in [0, 0.1) is 11.8 Å². The van der Waals surface area contributed by atoms with Gasteiger partial charge in [-0.1, -0.05) is 13.8 Å². The number of rotatable bonds is 7. The van der Waals surface area contributed by atoms with E-state index in [0.717, 1.165) is 31.6 Å². The Balaban J connectivity index is 0.00000289. The number of ether oxygens (including phenoxy) is 1. The fraction of sp³-hybridized carbons (Fsp3) is 0.923. The lowest BCUT2D eigenvalue weighted by molar-refractivity contribution is 0.129. The molecule has 2 N–H and O–H groups in total. The Morgan fingerprint density at radius 3 is 2.50 bits per heavy atom. The Morgan fingerprint density at radius 1 is 1.33 bits per heavy atom. The molecule has 1 aliphatic carbocycles. The maximum absolute atomic E-state index is 5.56. The van der Waals surface area contributed by atoms with E-state index < -0.39 is 0 Å². The minimum Gasteiger partial charge on any atom is -0.379 e. The van der Waals surface area contributed by atoms with Gasteiger partial charge in [-0.3, -0.25) is 4.99 Å². The van der Waals surface area contributed by atoms with Gasteiger partial charge in [0.05, 0.1) is 6.61 Å². The molecule has 0 spiro atoms. The molecule has 5 heteroatoms. The number of guanidine groups is 1. The minimum atomic E-state index is 0. The molecule has 1 aliphatic rings. The number of nitrogens with zero attached hydrogens (tertiary/aromatic N) is 1. The van der Waals surface area contributed by atoms with Crippen molar-refractivity contribution in [3.8, 4) is 0 Å². The third kappa shape index (κ3) is 8.13. The van der Waals surface area contributed by atoms with Crippen LogP contribution < -0.4 is 10.6 Å². The molecule has 1 unspecified atom stereocenters. The summed E-state index contributed by atoms with van der Waals surface area (Å²) in [5, 5.41) is 6.62. The third-order valence-corrected chi connectivity index (χ3v) is 3.18. The summed E-state index contributed by atoms with van der Waals surface area (Å²) in [4.78, 5) is 4.19. The van der Waals surface area contributed by atoms with Crippen LogP contribution in [0.1, 0.15) is 33.6 Å². The summed E-state index contributed by atoms with van der Waals surface area (Å²) in [6, 6.07) is 0.425. The Bertz CT molecular complexity index is 242. The highest BCUT2D eigenvalue weighted by atomic mass is 127. The van der Waals surface area contributed by atoms with E-state index in [1.807, 2.05) is 0 Å².